The maximum atomic E-state index is 10.9. The van der Waals surface area contributed by atoms with Crippen LogP contribution in [0.25, 0.3) is 0 Å². The second-order valence-corrected chi connectivity index (χ2v) is 5.19. The first-order valence-electron chi connectivity index (χ1n) is 5.89. The zero-order valence-corrected chi connectivity index (χ0v) is 11.9. The lowest BCUT2D eigenvalue weighted by atomic mass is 10.2. The Bertz CT molecular complexity index is 718. The fourth-order valence-electron chi connectivity index (χ4n) is 1.66. The van der Waals surface area contributed by atoms with Crippen molar-refractivity contribution in [2.24, 2.45) is 10.9 Å². The number of amidine groups is 1. The summed E-state index contributed by atoms with van der Waals surface area (Å²) in [7, 11) is 0. The molecule has 0 bridgehead atoms. The van der Waals surface area contributed by atoms with E-state index < -0.39 is 10.8 Å². The van der Waals surface area contributed by atoms with Crippen LogP contribution in [-0.4, -0.2) is 21.0 Å². The van der Waals surface area contributed by atoms with E-state index in [1.54, 1.807) is 0 Å². The Morgan fingerprint density at radius 3 is 2.71 bits per heavy atom. The van der Waals surface area contributed by atoms with Gasteiger partial charge in [0, 0.05) is 11.0 Å². The summed E-state index contributed by atoms with van der Waals surface area (Å²) in [6, 6.07) is 10.5. The molecule has 108 valence electrons. The van der Waals surface area contributed by atoms with Crippen molar-refractivity contribution in [3.63, 3.8) is 0 Å². The summed E-state index contributed by atoms with van der Waals surface area (Å²) in [5.41, 5.74) is 6.05. The Morgan fingerprint density at radius 2 is 2.10 bits per heavy atom. The molecule has 1 aromatic carbocycles. The van der Waals surface area contributed by atoms with E-state index in [2.05, 4.69) is 10.1 Å². The smallest absolute Gasteiger partial charge is 0.298 e. The number of nitrogens with two attached hydrogens (primary N) is 1. The van der Waals surface area contributed by atoms with Crippen molar-refractivity contribution >= 4 is 23.3 Å². The summed E-state index contributed by atoms with van der Waals surface area (Å²) in [5, 5.41) is 23.0. The van der Waals surface area contributed by atoms with E-state index in [1.165, 1.54) is 23.9 Å². The molecule has 0 unspecified atom stereocenters. The summed E-state index contributed by atoms with van der Waals surface area (Å²) in [6.45, 7) is 1.96. The topological polar surface area (TPSA) is 115 Å². The lowest BCUT2D eigenvalue weighted by molar-refractivity contribution is -0.385. The van der Waals surface area contributed by atoms with Crippen LogP contribution in [0.4, 0.5) is 5.69 Å². The zero-order valence-electron chi connectivity index (χ0n) is 11.1. The minimum absolute atomic E-state index is 0.152. The number of nitrogens with zero attached hydrogens (tertiary/aromatic N) is 3. The summed E-state index contributed by atoms with van der Waals surface area (Å²) in [6.07, 6.45) is 0. The van der Waals surface area contributed by atoms with E-state index in [-0.39, 0.29) is 11.4 Å². The van der Waals surface area contributed by atoms with Gasteiger partial charge in [0.15, 0.2) is 11.5 Å². The van der Waals surface area contributed by atoms with Crippen LogP contribution in [0.2, 0.25) is 0 Å². The van der Waals surface area contributed by atoms with E-state index in [9.17, 15) is 10.1 Å². The van der Waals surface area contributed by atoms with E-state index in [1.807, 2.05) is 31.2 Å². The van der Waals surface area contributed by atoms with Crippen LogP contribution in [0.15, 0.2) is 51.5 Å². The monoisotopic (exact) mass is 304 g/mol. The largest absolute Gasteiger partial charge is 0.409 e. The van der Waals surface area contributed by atoms with Crippen LogP contribution in [0, 0.1) is 17.0 Å². The fourth-order valence-corrected chi connectivity index (χ4v) is 2.53. The van der Waals surface area contributed by atoms with Crippen molar-refractivity contribution < 1.29 is 10.1 Å². The van der Waals surface area contributed by atoms with Crippen LogP contribution in [0.5, 0.6) is 0 Å². The molecule has 0 aliphatic rings. The molecule has 0 aliphatic heterocycles. The molecule has 1 heterocycles. The highest BCUT2D eigenvalue weighted by molar-refractivity contribution is 7.99. The van der Waals surface area contributed by atoms with Gasteiger partial charge in [0.1, 0.15) is 5.03 Å². The zero-order chi connectivity index (χ0) is 15.4. The van der Waals surface area contributed by atoms with Gasteiger partial charge < -0.3 is 10.9 Å². The van der Waals surface area contributed by atoms with Crippen molar-refractivity contribution in [3.8, 4) is 0 Å². The molecule has 8 heteroatoms. The summed E-state index contributed by atoms with van der Waals surface area (Å²) in [5.74, 6) is -0.395. The molecular formula is C13H12N4O3S. The Morgan fingerprint density at radius 1 is 1.38 bits per heavy atom. The molecule has 0 spiro atoms. The number of hydrogen-bond acceptors (Lipinski definition) is 6. The third-order valence-corrected chi connectivity index (χ3v) is 3.82. The summed E-state index contributed by atoms with van der Waals surface area (Å²) >= 11 is 1.35. The van der Waals surface area contributed by atoms with E-state index in [4.69, 9.17) is 10.9 Å². The number of benzene rings is 1. The second-order valence-electron chi connectivity index (χ2n) is 4.13. The van der Waals surface area contributed by atoms with Gasteiger partial charge in [-0.3, -0.25) is 10.1 Å². The molecular weight excluding hydrogens is 292 g/mol. The third-order valence-electron chi connectivity index (χ3n) is 2.70. The Balaban J connectivity index is 2.43. The second kappa shape index (κ2) is 6.23. The molecule has 0 aliphatic carbocycles. The molecule has 0 atom stereocenters. The fraction of sp³-hybridized carbons (Fsp3) is 0.0769. The van der Waals surface area contributed by atoms with Gasteiger partial charge in [0.2, 0.25) is 0 Å². The molecule has 2 rings (SSSR count). The van der Waals surface area contributed by atoms with Crippen molar-refractivity contribution in [1.82, 2.24) is 4.98 Å². The van der Waals surface area contributed by atoms with E-state index >= 15 is 0 Å². The molecule has 0 amide bonds. The standard InChI is InChI=1S/C13H12N4O3S/c1-8-4-2-3-5-10(8)21-11-7-6-9(17(19)20)12(15-11)13(14)16-18/h2-7,18H,1H3,(H2,14,16). The molecule has 7 nitrogen and oxygen atoms in total. The van der Waals surface area contributed by atoms with E-state index in [0.717, 1.165) is 10.5 Å². The van der Waals surface area contributed by atoms with Gasteiger partial charge in [0.25, 0.3) is 5.69 Å². The maximum absolute atomic E-state index is 10.9. The van der Waals surface area contributed by atoms with Crippen LogP contribution in [0.1, 0.15) is 11.3 Å². The molecule has 3 N–H and O–H groups in total. The van der Waals surface area contributed by atoms with Gasteiger partial charge >= 0.3 is 0 Å². The van der Waals surface area contributed by atoms with Gasteiger partial charge in [0.05, 0.1) is 4.92 Å². The first-order chi connectivity index (χ1) is 10.0. The van der Waals surface area contributed by atoms with Crippen molar-refractivity contribution in [2.45, 2.75) is 16.8 Å². The Kier molecular flexibility index (Phi) is 4.39. The van der Waals surface area contributed by atoms with Crippen LogP contribution in [-0.2, 0) is 0 Å². The average Bonchev–Trinajstić information content (AvgIpc) is 2.48. The molecule has 21 heavy (non-hydrogen) atoms. The summed E-state index contributed by atoms with van der Waals surface area (Å²) in [4.78, 5) is 15.4. The van der Waals surface area contributed by atoms with Gasteiger partial charge in [-0.1, -0.05) is 35.1 Å². The number of hydrogen-bond donors (Lipinski definition) is 2. The first kappa shape index (κ1) is 14.8. The maximum Gasteiger partial charge on any atom is 0.298 e. The quantitative estimate of drug-likeness (QED) is 0.295. The van der Waals surface area contributed by atoms with Crippen molar-refractivity contribution in [3.05, 3.63) is 57.8 Å². The number of pyridine rings is 1. The number of nitro groups is 1. The van der Waals surface area contributed by atoms with Gasteiger partial charge in [-0.2, -0.15) is 0 Å². The van der Waals surface area contributed by atoms with Crippen molar-refractivity contribution in [2.75, 3.05) is 0 Å². The SMILES string of the molecule is Cc1ccccc1Sc1ccc([N+](=O)[O-])c(/C(N)=N/O)n1. The predicted molar refractivity (Wildman–Crippen MR) is 78.7 cm³/mol. The predicted octanol–water partition coefficient (Wildman–Crippen LogP) is 2.54. The van der Waals surface area contributed by atoms with Gasteiger partial charge in [-0.15, -0.1) is 0 Å². The Hall–Kier alpha value is -2.61. The first-order valence-corrected chi connectivity index (χ1v) is 6.71. The van der Waals surface area contributed by atoms with Crippen LogP contribution < -0.4 is 5.73 Å². The molecule has 1 aromatic heterocycles. The Labute approximate surface area is 124 Å². The minimum Gasteiger partial charge on any atom is -0.409 e. The summed E-state index contributed by atoms with van der Waals surface area (Å²) < 4.78 is 0. The number of aromatic nitrogens is 1. The average molecular weight is 304 g/mol. The molecule has 0 fully saturated rings. The van der Waals surface area contributed by atoms with Gasteiger partial charge in [-0.25, -0.2) is 4.98 Å². The highest BCUT2D eigenvalue weighted by Crippen LogP contribution is 2.30. The molecule has 0 saturated carbocycles. The lowest BCUT2D eigenvalue weighted by Crippen LogP contribution is -2.17. The third kappa shape index (κ3) is 3.29. The minimum atomic E-state index is -0.622. The molecule has 0 radical (unpaired) electrons. The number of aryl methyl sites for hydroxylation is 1. The van der Waals surface area contributed by atoms with E-state index in [0.29, 0.717) is 5.03 Å². The highest BCUT2D eigenvalue weighted by Gasteiger charge is 2.20. The highest BCUT2D eigenvalue weighted by atomic mass is 32.2. The number of rotatable bonds is 4. The van der Waals surface area contributed by atoms with Crippen LogP contribution >= 0.6 is 11.8 Å². The molecule has 0 saturated heterocycles. The van der Waals surface area contributed by atoms with Gasteiger partial charge in [-0.05, 0) is 24.6 Å². The van der Waals surface area contributed by atoms with Crippen LogP contribution in [0.3, 0.4) is 0 Å². The lowest BCUT2D eigenvalue weighted by Gasteiger charge is -2.06. The number of oxime groups is 1. The normalized spacial score (nSPS) is 11.4. The van der Waals surface area contributed by atoms with Crippen molar-refractivity contribution in [1.29, 1.82) is 0 Å². The molecule has 2 aromatic rings.